The van der Waals surface area contributed by atoms with Crippen molar-refractivity contribution in [2.75, 3.05) is 5.32 Å². The summed E-state index contributed by atoms with van der Waals surface area (Å²) in [5, 5.41) is 8.26. The van der Waals surface area contributed by atoms with Gasteiger partial charge in [0.2, 0.25) is 0 Å². The molecule has 1 saturated carbocycles. The Kier molecular flexibility index (Phi) is 4.13. The second kappa shape index (κ2) is 6.04. The van der Waals surface area contributed by atoms with E-state index in [9.17, 15) is 0 Å². The van der Waals surface area contributed by atoms with Gasteiger partial charge < -0.3 is 5.32 Å². The molecule has 114 valence electrons. The molecule has 2 aromatic heterocycles. The minimum absolute atomic E-state index is 0.438. The first-order chi connectivity index (χ1) is 10.1. The maximum absolute atomic E-state index is 4.63. The van der Waals surface area contributed by atoms with E-state index in [0.717, 1.165) is 22.9 Å². The maximum Gasteiger partial charge on any atom is 0.152 e. The Bertz CT molecular complexity index is 596. The number of nitrogens with zero attached hydrogens (tertiary/aromatic N) is 3. The maximum atomic E-state index is 4.63. The first-order valence-corrected chi connectivity index (χ1v) is 8.26. The zero-order chi connectivity index (χ0) is 14.8. The third-order valence-corrected chi connectivity index (χ3v) is 4.72. The standard InChI is InChI=1S/C17H26N4/c1-12(2)15-11-16-17(18-9-10-21(16)20-15)19-13(3)14-7-5-4-6-8-14/h9-14H,4-8H2,1-3H3,(H,18,19). The van der Waals surface area contributed by atoms with Gasteiger partial charge in [-0.2, -0.15) is 5.10 Å². The van der Waals surface area contributed by atoms with Crippen molar-refractivity contribution < 1.29 is 0 Å². The van der Waals surface area contributed by atoms with E-state index in [4.69, 9.17) is 0 Å². The molecule has 0 aromatic carbocycles. The van der Waals surface area contributed by atoms with Crippen molar-refractivity contribution in [2.45, 2.75) is 64.8 Å². The van der Waals surface area contributed by atoms with Crippen molar-refractivity contribution in [3.63, 3.8) is 0 Å². The highest BCUT2D eigenvalue weighted by Crippen LogP contribution is 2.29. The Hall–Kier alpha value is -1.58. The fourth-order valence-electron chi connectivity index (χ4n) is 3.30. The normalized spacial score (nSPS) is 18.3. The average molecular weight is 286 g/mol. The summed E-state index contributed by atoms with van der Waals surface area (Å²) in [5.41, 5.74) is 2.21. The molecule has 0 spiro atoms. The molecule has 1 unspecified atom stereocenters. The Labute approximate surface area is 127 Å². The SMILES string of the molecule is CC(C)c1cc2c(NC(C)C3CCCCC3)nccn2n1. The van der Waals surface area contributed by atoms with Crippen molar-refractivity contribution in [1.29, 1.82) is 0 Å². The van der Waals surface area contributed by atoms with E-state index >= 15 is 0 Å². The molecule has 2 heterocycles. The lowest BCUT2D eigenvalue weighted by atomic mass is 9.84. The number of rotatable bonds is 4. The van der Waals surface area contributed by atoms with Gasteiger partial charge in [-0.05, 0) is 37.7 Å². The van der Waals surface area contributed by atoms with E-state index in [2.05, 4.69) is 42.2 Å². The van der Waals surface area contributed by atoms with Crippen LogP contribution in [0.5, 0.6) is 0 Å². The molecule has 2 aromatic rings. The van der Waals surface area contributed by atoms with E-state index in [1.165, 1.54) is 32.1 Å². The fourth-order valence-corrected chi connectivity index (χ4v) is 3.30. The van der Waals surface area contributed by atoms with Gasteiger partial charge in [0.25, 0.3) is 0 Å². The summed E-state index contributed by atoms with van der Waals surface area (Å²) >= 11 is 0. The molecule has 1 aliphatic carbocycles. The van der Waals surface area contributed by atoms with Gasteiger partial charge in [-0.15, -0.1) is 0 Å². The van der Waals surface area contributed by atoms with Gasteiger partial charge in [0, 0.05) is 18.4 Å². The quantitative estimate of drug-likeness (QED) is 0.914. The highest BCUT2D eigenvalue weighted by molar-refractivity contribution is 5.68. The largest absolute Gasteiger partial charge is 0.366 e. The second-order valence-electron chi connectivity index (χ2n) is 6.66. The molecule has 0 bridgehead atoms. The van der Waals surface area contributed by atoms with Crippen LogP contribution >= 0.6 is 0 Å². The van der Waals surface area contributed by atoms with Gasteiger partial charge in [-0.3, -0.25) is 0 Å². The number of hydrogen-bond donors (Lipinski definition) is 1. The lowest BCUT2D eigenvalue weighted by Crippen LogP contribution is -2.28. The number of aromatic nitrogens is 3. The zero-order valence-corrected chi connectivity index (χ0v) is 13.3. The van der Waals surface area contributed by atoms with Crippen molar-refractivity contribution >= 4 is 11.3 Å². The second-order valence-corrected chi connectivity index (χ2v) is 6.66. The minimum Gasteiger partial charge on any atom is -0.366 e. The van der Waals surface area contributed by atoms with Crippen LogP contribution < -0.4 is 5.32 Å². The number of nitrogens with one attached hydrogen (secondary N) is 1. The van der Waals surface area contributed by atoms with E-state index in [1.807, 2.05) is 16.9 Å². The average Bonchev–Trinajstić information content (AvgIpc) is 2.93. The van der Waals surface area contributed by atoms with Gasteiger partial charge in [0.1, 0.15) is 5.52 Å². The smallest absolute Gasteiger partial charge is 0.152 e. The molecule has 21 heavy (non-hydrogen) atoms. The molecular formula is C17H26N4. The summed E-state index contributed by atoms with van der Waals surface area (Å²) < 4.78 is 1.94. The van der Waals surface area contributed by atoms with Gasteiger partial charge in [-0.1, -0.05) is 33.1 Å². The topological polar surface area (TPSA) is 42.2 Å². The Balaban J connectivity index is 1.82. The summed E-state index contributed by atoms with van der Waals surface area (Å²) in [4.78, 5) is 4.54. The molecule has 1 atom stereocenters. The molecule has 0 amide bonds. The molecule has 0 aliphatic heterocycles. The summed E-state index contributed by atoms with van der Waals surface area (Å²) in [6, 6.07) is 2.63. The van der Waals surface area contributed by atoms with Gasteiger partial charge >= 0.3 is 0 Å². The van der Waals surface area contributed by atoms with Crippen molar-refractivity contribution in [1.82, 2.24) is 14.6 Å². The molecule has 3 rings (SSSR count). The first kappa shape index (κ1) is 14.4. The highest BCUT2D eigenvalue weighted by Gasteiger charge is 2.21. The van der Waals surface area contributed by atoms with Crippen LogP contribution in [0, 0.1) is 5.92 Å². The summed E-state index contributed by atoms with van der Waals surface area (Å²) in [5.74, 6) is 2.18. The van der Waals surface area contributed by atoms with Crippen LogP contribution in [0.3, 0.4) is 0 Å². The molecular weight excluding hydrogens is 260 g/mol. The van der Waals surface area contributed by atoms with E-state index in [-0.39, 0.29) is 0 Å². The highest BCUT2D eigenvalue weighted by atomic mass is 15.2. The molecule has 4 heteroatoms. The van der Waals surface area contributed by atoms with Crippen LogP contribution in [0.25, 0.3) is 5.52 Å². The van der Waals surface area contributed by atoms with Crippen LogP contribution in [-0.4, -0.2) is 20.6 Å². The predicted octanol–water partition coefficient (Wildman–Crippen LogP) is 4.23. The summed E-state index contributed by atoms with van der Waals surface area (Å²) in [6.45, 7) is 6.64. The lowest BCUT2D eigenvalue weighted by Gasteiger charge is -2.28. The van der Waals surface area contributed by atoms with Crippen LogP contribution in [-0.2, 0) is 0 Å². The monoisotopic (exact) mass is 286 g/mol. The lowest BCUT2D eigenvalue weighted by molar-refractivity contribution is 0.328. The van der Waals surface area contributed by atoms with Gasteiger partial charge in [0.15, 0.2) is 5.82 Å². The molecule has 1 fully saturated rings. The molecule has 0 radical (unpaired) electrons. The van der Waals surface area contributed by atoms with Crippen LogP contribution in [0.15, 0.2) is 18.5 Å². The summed E-state index contributed by atoms with van der Waals surface area (Å²) in [7, 11) is 0. The Morgan fingerprint density at radius 3 is 2.67 bits per heavy atom. The fraction of sp³-hybridized carbons (Fsp3) is 0.647. The van der Waals surface area contributed by atoms with Crippen molar-refractivity contribution in [3.8, 4) is 0 Å². The summed E-state index contributed by atoms with van der Waals surface area (Å²) in [6.07, 6.45) is 10.6. The molecule has 1 aliphatic rings. The third kappa shape index (κ3) is 3.04. The van der Waals surface area contributed by atoms with Gasteiger partial charge in [-0.25, -0.2) is 9.50 Å². The van der Waals surface area contributed by atoms with E-state index < -0.39 is 0 Å². The predicted molar refractivity (Wildman–Crippen MR) is 86.7 cm³/mol. The van der Waals surface area contributed by atoms with Crippen LogP contribution in [0.2, 0.25) is 0 Å². The Morgan fingerprint density at radius 2 is 1.95 bits per heavy atom. The van der Waals surface area contributed by atoms with E-state index in [0.29, 0.717) is 12.0 Å². The minimum atomic E-state index is 0.438. The number of hydrogen-bond acceptors (Lipinski definition) is 3. The Morgan fingerprint density at radius 1 is 1.19 bits per heavy atom. The molecule has 4 nitrogen and oxygen atoms in total. The number of anilines is 1. The van der Waals surface area contributed by atoms with Crippen molar-refractivity contribution in [2.24, 2.45) is 5.92 Å². The van der Waals surface area contributed by atoms with Crippen LogP contribution in [0.1, 0.15) is 64.5 Å². The first-order valence-electron chi connectivity index (χ1n) is 8.26. The van der Waals surface area contributed by atoms with Crippen LogP contribution in [0.4, 0.5) is 5.82 Å². The van der Waals surface area contributed by atoms with Crippen molar-refractivity contribution in [3.05, 3.63) is 24.2 Å². The van der Waals surface area contributed by atoms with Gasteiger partial charge in [0.05, 0.1) is 5.69 Å². The molecule has 1 N–H and O–H groups in total. The van der Waals surface area contributed by atoms with E-state index in [1.54, 1.807) is 0 Å². The third-order valence-electron chi connectivity index (χ3n) is 4.72. The number of fused-ring (bicyclic) bond motifs is 1. The zero-order valence-electron chi connectivity index (χ0n) is 13.3. The molecule has 0 saturated heterocycles.